The summed E-state index contributed by atoms with van der Waals surface area (Å²) in [6.45, 7) is 0. The summed E-state index contributed by atoms with van der Waals surface area (Å²) in [6.07, 6.45) is 3.49. The van der Waals surface area contributed by atoms with E-state index in [2.05, 4.69) is 30.8 Å². The van der Waals surface area contributed by atoms with Gasteiger partial charge in [-0.05, 0) is 0 Å². The molecule has 0 aromatic carbocycles. The molecule has 2 rings (SSSR count). The topological polar surface area (TPSA) is 110 Å². The predicted octanol–water partition coefficient (Wildman–Crippen LogP) is -0.300. The Hall–Kier alpha value is -2.42. The van der Waals surface area contributed by atoms with Gasteiger partial charge in [0.25, 0.3) is 0 Å². The Balaban J connectivity index is 2.29. The van der Waals surface area contributed by atoms with Gasteiger partial charge in [0, 0.05) is 27.3 Å². The van der Waals surface area contributed by atoms with E-state index in [0.717, 1.165) is 5.69 Å². The highest BCUT2D eigenvalue weighted by molar-refractivity contribution is 5.53. The van der Waals surface area contributed by atoms with Crippen molar-refractivity contribution in [3.8, 4) is 0 Å². The lowest BCUT2D eigenvalue weighted by Gasteiger charge is -2.12. The highest BCUT2D eigenvalue weighted by Crippen LogP contribution is 2.15. The number of rotatable bonds is 4. The van der Waals surface area contributed by atoms with Crippen LogP contribution in [0, 0.1) is 0 Å². The molecule has 9 heteroatoms. The third kappa shape index (κ3) is 2.63. The number of anilines is 4. The van der Waals surface area contributed by atoms with Crippen molar-refractivity contribution in [1.29, 1.82) is 0 Å². The van der Waals surface area contributed by atoms with Gasteiger partial charge in [-0.3, -0.25) is 10.1 Å². The summed E-state index contributed by atoms with van der Waals surface area (Å²) in [5.41, 5.74) is 3.19. The SMILES string of the molecule is CN(C)c1nc(NN)nc(Nc2cnn(C)c2)n1. The van der Waals surface area contributed by atoms with Crippen molar-refractivity contribution in [3.63, 3.8) is 0 Å². The van der Waals surface area contributed by atoms with Gasteiger partial charge in [-0.1, -0.05) is 0 Å². The minimum absolute atomic E-state index is 0.292. The van der Waals surface area contributed by atoms with Crippen molar-refractivity contribution < 1.29 is 0 Å². The van der Waals surface area contributed by atoms with E-state index in [1.54, 1.807) is 15.8 Å². The lowest BCUT2D eigenvalue weighted by atomic mass is 10.6. The summed E-state index contributed by atoms with van der Waals surface area (Å²) >= 11 is 0. The van der Waals surface area contributed by atoms with Gasteiger partial charge in [0.1, 0.15) is 0 Å². The van der Waals surface area contributed by atoms with Crippen molar-refractivity contribution in [3.05, 3.63) is 12.4 Å². The summed E-state index contributed by atoms with van der Waals surface area (Å²) in [5.74, 6) is 6.51. The molecule has 96 valence electrons. The average Bonchev–Trinajstić information content (AvgIpc) is 2.74. The molecular weight excluding hydrogens is 234 g/mol. The Morgan fingerprint density at radius 3 is 2.50 bits per heavy atom. The Morgan fingerprint density at radius 1 is 1.22 bits per heavy atom. The molecule has 2 aromatic heterocycles. The number of nitrogens with zero attached hydrogens (tertiary/aromatic N) is 6. The van der Waals surface area contributed by atoms with Gasteiger partial charge in [-0.25, -0.2) is 5.84 Å². The maximum Gasteiger partial charge on any atom is 0.243 e. The summed E-state index contributed by atoms with van der Waals surface area (Å²) in [5, 5.41) is 7.07. The second-order valence-electron chi connectivity index (χ2n) is 3.85. The molecule has 0 fully saturated rings. The zero-order chi connectivity index (χ0) is 13.1. The molecule has 2 heterocycles. The standard InChI is InChI=1S/C9H15N9/c1-17(2)9-14-7(13-8(15-9)16-10)12-6-4-11-18(3)5-6/h4-5H,10H2,1-3H3,(H2,12,13,14,15,16). The first kappa shape index (κ1) is 12.0. The molecule has 0 saturated heterocycles. The van der Waals surface area contributed by atoms with Crippen LogP contribution < -0.4 is 21.5 Å². The Labute approximate surface area is 104 Å². The molecule has 0 aliphatic heterocycles. The fraction of sp³-hybridized carbons (Fsp3) is 0.333. The second-order valence-corrected chi connectivity index (χ2v) is 3.85. The molecule has 0 amide bonds. The second kappa shape index (κ2) is 4.84. The minimum Gasteiger partial charge on any atom is -0.347 e. The zero-order valence-electron chi connectivity index (χ0n) is 10.4. The van der Waals surface area contributed by atoms with E-state index in [1.165, 1.54) is 0 Å². The lowest BCUT2D eigenvalue weighted by Crippen LogP contribution is -2.18. The van der Waals surface area contributed by atoms with E-state index in [1.807, 2.05) is 27.3 Å². The van der Waals surface area contributed by atoms with Gasteiger partial charge in [0.05, 0.1) is 11.9 Å². The van der Waals surface area contributed by atoms with Gasteiger partial charge in [0.2, 0.25) is 17.8 Å². The van der Waals surface area contributed by atoms with Crippen molar-refractivity contribution in [2.75, 3.05) is 29.7 Å². The first-order valence-electron chi connectivity index (χ1n) is 5.24. The maximum atomic E-state index is 5.32. The van der Waals surface area contributed by atoms with Crippen LogP contribution in [0.2, 0.25) is 0 Å². The molecule has 0 atom stereocenters. The number of hydrogen-bond donors (Lipinski definition) is 3. The van der Waals surface area contributed by atoms with Crippen molar-refractivity contribution in [2.45, 2.75) is 0 Å². The van der Waals surface area contributed by atoms with Crippen LogP contribution in [0.15, 0.2) is 12.4 Å². The molecule has 0 spiro atoms. The van der Waals surface area contributed by atoms with E-state index < -0.39 is 0 Å². The molecule has 0 aliphatic carbocycles. The summed E-state index contributed by atoms with van der Waals surface area (Å²) in [6, 6.07) is 0. The van der Waals surface area contributed by atoms with Crippen molar-refractivity contribution in [2.24, 2.45) is 12.9 Å². The minimum atomic E-state index is 0.292. The summed E-state index contributed by atoms with van der Waals surface area (Å²) in [4.78, 5) is 14.2. The fourth-order valence-electron chi connectivity index (χ4n) is 1.30. The molecule has 2 aromatic rings. The van der Waals surface area contributed by atoms with Crippen molar-refractivity contribution >= 4 is 23.5 Å². The van der Waals surface area contributed by atoms with E-state index >= 15 is 0 Å². The normalized spacial score (nSPS) is 10.2. The Bertz CT molecular complexity index is 533. The smallest absolute Gasteiger partial charge is 0.243 e. The van der Waals surface area contributed by atoms with Crippen LogP contribution in [0.4, 0.5) is 23.5 Å². The zero-order valence-corrected chi connectivity index (χ0v) is 10.4. The van der Waals surface area contributed by atoms with Crippen molar-refractivity contribution in [1.82, 2.24) is 24.7 Å². The first-order chi connectivity index (χ1) is 8.58. The third-order valence-corrected chi connectivity index (χ3v) is 2.11. The van der Waals surface area contributed by atoms with Gasteiger partial charge in [0.15, 0.2) is 0 Å². The van der Waals surface area contributed by atoms with Gasteiger partial charge in [-0.2, -0.15) is 20.1 Å². The summed E-state index contributed by atoms with van der Waals surface area (Å²) in [7, 11) is 5.50. The fourth-order valence-corrected chi connectivity index (χ4v) is 1.30. The Kier molecular flexibility index (Phi) is 3.24. The highest BCUT2D eigenvalue weighted by Gasteiger charge is 2.08. The van der Waals surface area contributed by atoms with Crippen LogP contribution in [0.3, 0.4) is 0 Å². The van der Waals surface area contributed by atoms with Crippen LogP contribution in [0.5, 0.6) is 0 Å². The average molecular weight is 249 g/mol. The number of aromatic nitrogens is 5. The molecule has 18 heavy (non-hydrogen) atoms. The van der Waals surface area contributed by atoms with Gasteiger partial charge >= 0.3 is 0 Å². The molecule has 0 bridgehead atoms. The number of nitrogen functional groups attached to an aromatic ring is 1. The largest absolute Gasteiger partial charge is 0.347 e. The van der Waals surface area contributed by atoms with E-state index in [9.17, 15) is 0 Å². The quantitative estimate of drug-likeness (QED) is 0.500. The number of nitrogens with two attached hydrogens (primary N) is 1. The van der Waals surface area contributed by atoms with Crippen LogP contribution >= 0.6 is 0 Å². The molecular formula is C9H15N9. The molecule has 0 saturated carbocycles. The van der Waals surface area contributed by atoms with E-state index in [0.29, 0.717) is 17.8 Å². The number of nitrogens with one attached hydrogen (secondary N) is 2. The third-order valence-electron chi connectivity index (χ3n) is 2.11. The number of hydrazine groups is 1. The Morgan fingerprint density at radius 2 is 1.94 bits per heavy atom. The van der Waals surface area contributed by atoms with Gasteiger partial charge in [-0.15, -0.1) is 0 Å². The molecule has 0 radical (unpaired) electrons. The molecule has 9 nitrogen and oxygen atoms in total. The predicted molar refractivity (Wildman–Crippen MR) is 68.5 cm³/mol. The van der Waals surface area contributed by atoms with Crippen LogP contribution in [0.25, 0.3) is 0 Å². The van der Waals surface area contributed by atoms with Crippen LogP contribution in [-0.2, 0) is 7.05 Å². The molecule has 0 aliphatic rings. The number of aryl methyl sites for hydroxylation is 1. The summed E-state index contributed by atoms with van der Waals surface area (Å²) < 4.78 is 1.68. The van der Waals surface area contributed by atoms with Crippen LogP contribution in [0.1, 0.15) is 0 Å². The van der Waals surface area contributed by atoms with Gasteiger partial charge < -0.3 is 10.2 Å². The molecule has 0 unspecified atom stereocenters. The monoisotopic (exact) mass is 249 g/mol. The lowest BCUT2D eigenvalue weighted by molar-refractivity contribution is 0.768. The van der Waals surface area contributed by atoms with E-state index in [-0.39, 0.29) is 0 Å². The van der Waals surface area contributed by atoms with E-state index in [4.69, 9.17) is 5.84 Å². The maximum absolute atomic E-state index is 5.32. The number of hydrogen-bond acceptors (Lipinski definition) is 8. The first-order valence-corrected chi connectivity index (χ1v) is 5.24. The molecule has 4 N–H and O–H groups in total. The van der Waals surface area contributed by atoms with Crippen LogP contribution in [-0.4, -0.2) is 38.8 Å². The highest BCUT2D eigenvalue weighted by atomic mass is 15.4.